The van der Waals surface area contributed by atoms with Crippen LogP contribution in [-0.2, 0) is 9.59 Å². The van der Waals surface area contributed by atoms with Gasteiger partial charge in [-0.25, -0.2) is 0 Å². The number of carbonyl (C=O) groups excluding carboxylic acids is 3. The van der Waals surface area contributed by atoms with E-state index in [1.54, 1.807) is 6.07 Å². The minimum absolute atomic E-state index is 0.0314. The van der Waals surface area contributed by atoms with Crippen LogP contribution in [0, 0.1) is 13.8 Å². The zero-order valence-corrected chi connectivity index (χ0v) is 14.4. The van der Waals surface area contributed by atoms with Gasteiger partial charge in [0.05, 0.1) is 23.8 Å². The van der Waals surface area contributed by atoms with Crippen molar-refractivity contribution in [1.82, 2.24) is 0 Å². The first-order valence-corrected chi connectivity index (χ1v) is 8.13. The summed E-state index contributed by atoms with van der Waals surface area (Å²) in [6.45, 7) is 3.93. The van der Waals surface area contributed by atoms with Gasteiger partial charge in [0.1, 0.15) is 6.04 Å². The summed E-state index contributed by atoms with van der Waals surface area (Å²) < 4.78 is 0. The van der Waals surface area contributed by atoms with E-state index in [9.17, 15) is 19.5 Å². The first-order valence-electron chi connectivity index (χ1n) is 8.13. The smallest absolute Gasteiger partial charge is 0.247 e. The average Bonchev–Trinajstić information content (AvgIpc) is 2.57. The molecule has 0 aromatic heterocycles. The van der Waals surface area contributed by atoms with E-state index in [1.165, 1.54) is 18.2 Å². The fraction of sp³-hybridized carbons (Fsp3) is 0.211. The molecule has 3 rings (SSSR count). The van der Waals surface area contributed by atoms with E-state index < -0.39 is 17.9 Å². The zero-order chi connectivity index (χ0) is 18.8. The molecule has 7 heteroatoms. The number of carbonyl (C=O) groups is 3. The van der Waals surface area contributed by atoms with Crippen molar-refractivity contribution in [3.05, 3.63) is 53.1 Å². The quantitative estimate of drug-likeness (QED) is 0.771. The predicted octanol–water partition coefficient (Wildman–Crippen LogP) is 1.43. The lowest BCUT2D eigenvalue weighted by atomic mass is 10.0. The maximum absolute atomic E-state index is 12.2. The zero-order valence-electron chi connectivity index (χ0n) is 14.4. The van der Waals surface area contributed by atoms with Gasteiger partial charge in [0, 0.05) is 5.69 Å². The van der Waals surface area contributed by atoms with E-state index in [0.29, 0.717) is 11.4 Å². The van der Waals surface area contributed by atoms with Crippen LogP contribution >= 0.6 is 0 Å². The summed E-state index contributed by atoms with van der Waals surface area (Å²) in [5.74, 6) is -2.02. The minimum atomic E-state index is -1.32. The standard InChI is InChI=1S/C19H19N3O4/c1-10-6-14-15(7-11(10)2)22-18(24)16(21-14)9-17(23)20-13-5-3-4-12(8-13)19(25)26/h3-8,16,21H,9H2,1-2H3,(H,20,23)(H,22,24)(H,25,26)/p-1. The number of carboxylic acids is 1. The van der Waals surface area contributed by atoms with Crippen molar-refractivity contribution in [3.8, 4) is 0 Å². The molecule has 1 heterocycles. The summed E-state index contributed by atoms with van der Waals surface area (Å²) in [6, 6.07) is 8.86. The maximum atomic E-state index is 12.2. The molecule has 0 bridgehead atoms. The number of anilines is 3. The van der Waals surface area contributed by atoms with Crippen molar-refractivity contribution in [2.45, 2.75) is 26.3 Å². The molecular formula is C19H18N3O4-. The van der Waals surface area contributed by atoms with Crippen LogP contribution in [0.3, 0.4) is 0 Å². The highest BCUT2D eigenvalue weighted by molar-refractivity contribution is 6.06. The Labute approximate surface area is 150 Å². The first kappa shape index (κ1) is 17.5. The number of rotatable bonds is 4. The number of fused-ring (bicyclic) bond motifs is 1. The molecule has 0 saturated carbocycles. The molecule has 0 saturated heterocycles. The van der Waals surface area contributed by atoms with Crippen LogP contribution in [-0.4, -0.2) is 23.8 Å². The van der Waals surface area contributed by atoms with Gasteiger partial charge in [-0.05, 0) is 54.8 Å². The van der Waals surface area contributed by atoms with Crippen molar-refractivity contribution < 1.29 is 19.5 Å². The normalized spacial score (nSPS) is 15.5. The summed E-state index contributed by atoms with van der Waals surface area (Å²) in [7, 11) is 0. The Kier molecular flexibility index (Phi) is 4.62. The minimum Gasteiger partial charge on any atom is -0.545 e. The van der Waals surface area contributed by atoms with E-state index >= 15 is 0 Å². The number of carboxylic acid groups (broad SMARTS) is 1. The van der Waals surface area contributed by atoms with E-state index in [4.69, 9.17) is 0 Å². The molecule has 2 aromatic rings. The molecule has 0 spiro atoms. The second-order valence-electron chi connectivity index (χ2n) is 6.29. The van der Waals surface area contributed by atoms with E-state index in [2.05, 4.69) is 16.0 Å². The SMILES string of the molecule is Cc1cc2c(cc1C)NC(CC(=O)Nc1cccc(C(=O)[O-])c1)C(=O)N2. The Hall–Kier alpha value is -3.35. The van der Waals surface area contributed by atoms with Gasteiger partial charge in [-0.15, -0.1) is 0 Å². The van der Waals surface area contributed by atoms with Gasteiger partial charge in [-0.3, -0.25) is 9.59 Å². The van der Waals surface area contributed by atoms with Crippen molar-refractivity contribution in [2.24, 2.45) is 0 Å². The Morgan fingerprint density at radius 1 is 1.12 bits per heavy atom. The molecular weight excluding hydrogens is 334 g/mol. The number of hydrogen-bond donors (Lipinski definition) is 3. The third-order valence-electron chi connectivity index (χ3n) is 4.31. The first-order chi connectivity index (χ1) is 12.3. The van der Waals surface area contributed by atoms with Crippen LogP contribution < -0.4 is 21.1 Å². The number of nitrogens with one attached hydrogen (secondary N) is 3. The predicted molar refractivity (Wildman–Crippen MR) is 96.0 cm³/mol. The molecule has 1 aliphatic heterocycles. The third-order valence-corrected chi connectivity index (χ3v) is 4.31. The second-order valence-corrected chi connectivity index (χ2v) is 6.29. The molecule has 0 radical (unpaired) electrons. The fourth-order valence-electron chi connectivity index (χ4n) is 2.78. The van der Waals surface area contributed by atoms with Crippen LogP contribution in [0.1, 0.15) is 27.9 Å². The second kappa shape index (κ2) is 6.87. The van der Waals surface area contributed by atoms with Crippen LogP contribution in [0.4, 0.5) is 17.1 Å². The van der Waals surface area contributed by atoms with Gasteiger partial charge in [-0.2, -0.15) is 0 Å². The molecule has 2 aromatic carbocycles. The van der Waals surface area contributed by atoms with Crippen molar-refractivity contribution >= 4 is 34.8 Å². The molecule has 1 unspecified atom stereocenters. The summed E-state index contributed by atoms with van der Waals surface area (Å²) in [5, 5.41) is 19.4. The highest BCUT2D eigenvalue weighted by Crippen LogP contribution is 2.30. The topological polar surface area (TPSA) is 110 Å². The monoisotopic (exact) mass is 352 g/mol. The summed E-state index contributed by atoms with van der Waals surface area (Å²) in [5.41, 5.74) is 3.90. The van der Waals surface area contributed by atoms with Gasteiger partial charge < -0.3 is 25.9 Å². The molecule has 7 nitrogen and oxygen atoms in total. The van der Waals surface area contributed by atoms with Gasteiger partial charge in [0.2, 0.25) is 11.8 Å². The van der Waals surface area contributed by atoms with E-state index in [1.807, 2.05) is 26.0 Å². The van der Waals surface area contributed by atoms with E-state index in [-0.39, 0.29) is 17.9 Å². The highest BCUT2D eigenvalue weighted by Gasteiger charge is 2.28. The third kappa shape index (κ3) is 3.66. The number of amides is 2. The molecule has 3 N–H and O–H groups in total. The van der Waals surface area contributed by atoms with Crippen molar-refractivity contribution in [2.75, 3.05) is 16.0 Å². The number of hydrogen-bond acceptors (Lipinski definition) is 5. The fourth-order valence-corrected chi connectivity index (χ4v) is 2.78. The lowest BCUT2D eigenvalue weighted by Gasteiger charge is -2.27. The maximum Gasteiger partial charge on any atom is 0.247 e. The van der Waals surface area contributed by atoms with Crippen LogP contribution in [0.5, 0.6) is 0 Å². The Balaban J connectivity index is 1.69. The molecule has 2 amide bonds. The highest BCUT2D eigenvalue weighted by atomic mass is 16.4. The Bertz CT molecular complexity index is 908. The van der Waals surface area contributed by atoms with Gasteiger partial charge in [0.25, 0.3) is 0 Å². The van der Waals surface area contributed by atoms with Gasteiger partial charge >= 0.3 is 0 Å². The van der Waals surface area contributed by atoms with Crippen LogP contribution in [0.15, 0.2) is 36.4 Å². The van der Waals surface area contributed by atoms with Crippen molar-refractivity contribution in [3.63, 3.8) is 0 Å². The van der Waals surface area contributed by atoms with Gasteiger partial charge in [0.15, 0.2) is 0 Å². The Morgan fingerprint density at radius 2 is 1.81 bits per heavy atom. The molecule has 1 aliphatic rings. The molecule has 0 fully saturated rings. The molecule has 26 heavy (non-hydrogen) atoms. The molecule has 0 aliphatic carbocycles. The number of aromatic carboxylic acids is 1. The Morgan fingerprint density at radius 3 is 2.50 bits per heavy atom. The van der Waals surface area contributed by atoms with Crippen molar-refractivity contribution in [1.29, 1.82) is 0 Å². The van der Waals surface area contributed by atoms with Crippen LogP contribution in [0.25, 0.3) is 0 Å². The molecule has 134 valence electrons. The van der Waals surface area contributed by atoms with Gasteiger partial charge in [-0.1, -0.05) is 12.1 Å². The average molecular weight is 352 g/mol. The van der Waals surface area contributed by atoms with Crippen LogP contribution in [0.2, 0.25) is 0 Å². The largest absolute Gasteiger partial charge is 0.545 e. The summed E-state index contributed by atoms with van der Waals surface area (Å²) >= 11 is 0. The summed E-state index contributed by atoms with van der Waals surface area (Å²) in [6.07, 6.45) is -0.0895. The molecule has 1 atom stereocenters. The lowest BCUT2D eigenvalue weighted by Crippen LogP contribution is -2.41. The lowest BCUT2D eigenvalue weighted by molar-refractivity contribution is -0.255. The number of aryl methyl sites for hydroxylation is 2. The number of benzene rings is 2. The summed E-state index contributed by atoms with van der Waals surface area (Å²) in [4.78, 5) is 35.4. The van der Waals surface area contributed by atoms with E-state index in [0.717, 1.165) is 16.8 Å².